The maximum absolute atomic E-state index is 11.4. The number of carbonyl (C=O) groups excluding carboxylic acids is 1. The highest BCUT2D eigenvalue weighted by Gasteiger charge is 2.06. The summed E-state index contributed by atoms with van der Waals surface area (Å²) in [5, 5.41) is 14.1. The van der Waals surface area contributed by atoms with E-state index in [0.29, 0.717) is 13.0 Å². The van der Waals surface area contributed by atoms with Gasteiger partial charge in [-0.2, -0.15) is 0 Å². The molecular formula is C12H24N2O3. The molecular weight excluding hydrogens is 220 g/mol. The lowest BCUT2D eigenvalue weighted by Crippen LogP contribution is -2.41. The molecule has 5 heteroatoms. The van der Waals surface area contributed by atoms with Crippen LogP contribution in [0.4, 0.5) is 4.79 Å². The van der Waals surface area contributed by atoms with E-state index in [1.54, 1.807) is 0 Å². The number of aliphatic carboxylic acids is 1. The zero-order valence-corrected chi connectivity index (χ0v) is 10.8. The molecule has 0 unspecified atom stereocenters. The minimum absolute atomic E-state index is 0.128. The summed E-state index contributed by atoms with van der Waals surface area (Å²) in [6, 6.07) is 0.110. The van der Waals surface area contributed by atoms with Gasteiger partial charge in [0.05, 0.1) is 0 Å². The highest BCUT2D eigenvalue weighted by Crippen LogP contribution is 1.99. The minimum Gasteiger partial charge on any atom is -0.481 e. The van der Waals surface area contributed by atoms with Gasteiger partial charge in [-0.1, -0.05) is 20.3 Å². The summed E-state index contributed by atoms with van der Waals surface area (Å²) in [6.45, 7) is 4.69. The number of carboxylic acid groups (broad SMARTS) is 1. The third kappa shape index (κ3) is 9.66. The van der Waals surface area contributed by atoms with E-state index in [1.165, 1.54) is 0 Å². The second kappa shape index (κ2) is 9.93. The number of carbonyl (C=O) groups is 2. The first kappa shape index (κ1) is 15.7. The van der Waals surface area contributed by atoms with E-state index in [9.17, 15) is 9.59 Å². The van der Waals surface area contributed by atoms with Crippen molar-refractivity contribution < 1.29 is 14.7 Å². The minimum atomic E-state index is -0.760. The number of nitrogens with one attached hydrogen (secondary N) is 2. The van der Waals surface area contributed by atoms with E-state index >= 15 is 0 Å². The molecule has 0 bridgehead atoms. The van der Waals surface area contributed by atoms with Crippen molar-refractivity contribution in [3.63, 3.8) is 0 Å². The zero-order valence-electron chi connectivity index (χ0n) is 10.8. The molecule has 5 nitrogen and oxygen atoms in total. The molecule has 0 aromatic rings. The monoisotopic (exact) mass is 244 g/mol. The lowest BCUT2D eigenvalue weighted by molar-refractivity contribution is -0.137. The highest BCUT2D eigenvalue weighted by molar-refractivity contribution is 5.74. The topological polar surface area (TPSA) is 78.4 Å². The molecule has 0 aliphatic carbocycles. The van der Waals surface area contributed by atoms with Crippen molar-refractivity contribution in [2.24, 2.45) is 0 Å². The summed E-state index contributed by atoms with van der Waals surface area (Å²) >= 11 is 0. The second-order valence-electron chi connectivity index (χ2n) is 4.12. The van der Waals surface area contributed by atoms with Crippen LogP contribution in [0.5, 0.6) is 0 Å². The number of rotatable bonds is 9. The molecule has 0 rings (SSSR count). The van der Waals surface area contributed by atoms with Crippen LogP contribution in [0, 0.1) is 0 Å². The molecule has 0 spiro atoms. The molecule has 3 N–H and O–H groups in total. The molecule has 0 aromatic carbocycles. The van der Waals surface area contributed by atoms with Crippen molar-refractivity contribution in [1.29, 1.82) is 0 Å². The van der Waals surface area contributed by atoms with Crippen molar-refractivity contribution in [2.45, 2.75) is 58.4 Å². The fourth-order valence-electron chi connectivity index (χ4n) is 1.51. The fourth-order valence-corrected chi connectivity index (χ4v) is 1.51. The quantitative estimate of drug-likeness (QED) is 0.544. The Morgan fingerprint density at radius 1 is 1.12 bits per heavy atom. The number of urea groups is 1. The van der Waals surface area contributed by atoms with Crippen molar-refractivity contribution in [1.82, 2.24) is 10.6 Å². The Morgan fingerprint density at radius 2 is 1.76 bits per heavy atom. The van der Waals surface area contributed by atoms with Gasteiger partial charge in [-0.05, 0) is 25.7 Å². The first-order chi connectivity index (χ1) is 8.10. The van der Waals surface area contributed by atoms with Crippen LogP contribution in [0.1, 0.15) is 52.4 Å². The van der Waals surface area contributed by atoms with Gasteiger partial charge < -0.3 is 15.7 Å². The van der Waals surface area contributed by atoms with Crippen LogP contribution in [-0.4, -0.2) is 29.7 Å². The van der Waals surface area contributed by atoms with E-state index < -0.39 is 5.97 Å². The van der Waals surface area contributed by atoms with Crippen LogP contribution in [0.3, 0.4) is 0 Å². The number of amides is 2. The van der Waals surface area contributed by atoms with E-state index in [0.717, 1.165) is 25.7 Å². The van der Waals surface area contributed by atoms with Gasteiger partial charge in [0.15, 0.2) is 0 Å². The summed E-state index contributed by atoms with van der Waals surface area (Å²) in [7, 11) is 0. The summed E-state index contributed by atoms with van der Waals surface area (Å²) in [5.74, 6) is -0.760. The van der Waals surface area contributed by atoms with Crippen LogP contribution in [0.15, 0.2) is 0 Å². The van der Waals surface area contributed by atoms with E-state index in [2.05, 4.69) is 10.6 Å². The van der Waals surface area contributed by atoms with Crippen LogP contribution in [0.2, 0.25) is 0 Å². The van der Waals surface area contributed by atoms with E-state index in [1.807, 2.05) is 13.8 Å². The number of hydrogen-bond donors (Lipinski definition) is 3. The molecule has 0 aliphatic rings. The summed E-state index contributed by atoms with van der Waals surface area (Å²) in [6.07, 6.45) is 4.40. The first-order valence-electron chi connectivity index (χ1n) is 6.36. The summed E-state index contributed by atoms with van der Waals surface area (Å²) in [4.78, 5) is 21.6. The smallest absolute Gasteiger partial charge is 0.315 e. The number of unbranched alkanes of at least 4 members (excludes halogenated alkanes) is 2. The molecule has 0 aromatic heterocycles. The molecule has 0 fully saturated rings. The van der Waals surface area contributed by atoms with Crippen molar-refractivity contribution in [2.75, 3.05) is 6.54 Å². The zero-order chi connectivity index (χ0) is 13.1. The van der Waals surface area contributed by atoms with Gasteiger partial charge in [0.25, 0.3) is 0 Å². The van der Waals surface area contributed by atoms with Crippen LogP contribution < -0.4 is 10.6 Å². The van der Waals surface area contributed by atoms with Gasteiger partial charge in [0.1, 0.15) is 0 Å². The third-order valence-electron chi connectivity index (χ3n) is 2.67. The lowest BCUT2D eigenvalue weighted by atomic mass is 10.2. The molecule has 0 heterocycles. The maximum atomic E-state index is 11.4. The van der Waals surface area contributed by atoms with Gasteiger partial charge in [0.2, 0.25) is 0 Å². The Balaban J connectivity index is 3.42. The molecule has 0 aliphatic heterocycles. The fraction of sp³-hybridized carbons (Fsp3) is 0.833. The Labute approximate surface area is 103 Å². The molecule has 17 heavy (non-hydrogen) atoms. The van der Waals surface area contributed by atoms with Gasteiger partial charge in [-0.3, -0.25) is 4.79 Å². The van der Waals surface area contributed by atoms with Gasteiger partial charge >= 0.3 is 12.0 Å². The Hall–Kier alpha value is -1.26. The van der Waals surface area contributed by atoms with Crippen molar-refractivity contribution in [3.8, 4) is 0 Å². The Morgan fingerprint density at radius 3 is 2.29 bits per heavy atom. The Kier molecular flexibility index (Phi) is 9.19. The van der Waals surface area contributed by atoms with Gasteiger partial charge in [0, 0.05) is 19.0 Å². The molecule has 0 saturated heterocycles. The largest absolute Gasteiger partial charge is 0.481 e. The van der Waals surface area contributed by atoms with Crippen LogP contribution in [-0.2, 0) is 4.79 Å². The summed E-state index contributed by atoms with van der Waals surface area (Å²) < 4.78 is 0. The second-order valence-corrected chi connectivity index (χ2v) is 4.12. The number of carboxylic acids is 1. The van der Waals surface area contributed by atoms with Crippen molar-refractivity contribution in [3.05, 3.63) is 0 Å². The molecule has 0 saturated carbocycles. The lowest BCUT2D eigenvalue weighted by Gasteiger charge is -2.15. The van der Waals surface area contributed by atoms with Crippen LogP contribution >= 0.6 is 0 Å². The van der Waals surface area contributed by atoms with Gasteiger partial charge in [-0.25, -0.2) is 4.79 Å². The van der Waals surface area contributed by atoms with E-state index in [-0.39, 0.29) is 18.5 Å². The van der Waals surface area contributed by atoms with E-state index in [4.69, 9.17) is 5.11 Å². The third-order valence-corrected chi connectivity index (χ3v) is 2.67. The maximum Gasteiger partial charge on any atom is 0.315 e. The average molecular weight is 244 g/mol. The normalized spacial score (nSPS) is 10.3. The molecule has 0 atom stereocenters. The predicted molar refractivity (Wildman–Crippen MR) is 67.0 cm³/mol. The highest BCUT2D eigenvalue weighted by atomic mass is 16.4. The molecule has 100 valence electrons. The van der Waals surface area contributed by atoms with Gasteiger partial charge in [-0.15, -0.1) is 0 Å². The predicted octanol–water partition coefficient (Wildman–Crippen LogP) is 2.12. The van der Waals surface area contributed by atoms with Crippen molar-refractivity contribution >= 4 is 12.0 Å². The summed E-state index contributed by atoms with van der Waals surface area (Å²) in [5.41, 5.74) is 0. The number of hydrogen-bond acceptors (Lipinski definition) is 2. The SMILES string of the molecule is CCC(CC)NC(=O)NCCCCCC(=O)O. The standard InChI is InChI=1S/C12H24N2O3/c1-3-10(4-2)14-12(17)13-9-7-5-6-8-11(15)16/h10H,3-9H2,1-2H3,(H,15,16)(H2,13,14,17). The molecule has 2 amide bonds. The average Bonchev–Trinajstić information content (AvgIpc) is 2.30. The Bertz CT molecular complexity index is 228. The molecule has 0 radical (unpaired) electrons. The van der Waals surface area contributed by atoms with Crippen LogP contribution in [0.25, 0.3) is 0 Å². The first-order valence-corrected chi connectivity index (χ1v) is 6.36.